The number of nitrogens with two attached hydrogens (primary N) is 1. The van der Waals surface area contributed by atoms with Crippen LogP contribution in [-0.4, -0.2) is 49.6 Å². The molecule has 13 heteroatoms. The standard InChI is InChI=1S/C24H25FN5O6P/c25-19-18(36-24(21(19)31)30-15-29-20-22(26)27-14-28-23(20)30)13-35-37(32,33-11-16-7-3-1-4-8-16)34-12-17-9-5-2-6-10-17/h1-10,14-15,18-19,21,24,31H,11-13H2,(H2,26,27,28)/t18-,19?,21?,24-/m1/s1. The fourth-order valence-corrected chi connectivity index (χ4v) is 5.03. The van der Waals surface area contributed by atoms with Gasteiger partial charge in [-0.05, 0) is 11.1 Å². The van der Waals surface area contributed by atoms with Gasteiger partial charge in [0.2, 0.25) is 0 Å². The van der Waals surface area contributed by atoms with E-state index in [-0.39, 0.29) is 24.7 Å². The van der Waals surface area contributed by atoms with Crippen LogP contribution in [0.2, 0.25) is 0 Å². The topological polar surface area (TPSA) is 144 Å². The highest BCUT2D eigenvalue weighted by Crippen LogP contribution is 2.51. The lowest BCUT2D eigenvalue weighted by Crippen LogP contribution is -2.30. The van der Waals surface area contributed by atoms with E-state index in [4.69, 9.17) is 24.0 Å². The average Bonchev–Trinajstić information content (AvgIpc) is 3.48. The number of anilines is 1. The van der Waals surface area contributed by atoms with Crippen LogP contribution < -0.4 is 5.73 Å². The number of imidazole rings is 1. The van der Waals surface area contributed by atoms with Crippen molar-refractivity contribution in [3.05, 3.63) is 84.4 Å². The lowest BCUT2D eigenvalue weighted by molar-refractivity contribution is -0.0514. The van der Waals surface area contributed by atoms with Gasteiger partial charge < -0.3 is 15.6 Å². The number of hydrogen-bond donors (Lipinski definition) is 2. The van der Waals surface area contributed by atoms with Gasteiger partial charge in [0.25, 0.3) is 0 Å². The van der Waals surface area contributed by atoms with Gasteiger partial charge in [0.1, 0.15) is 24.1 Å². The molecule has 1 aliphatic rings. The van der Waals surface area contributed by atoms with Gasteiger partial charge in [-0.15, -0.1) is 0 Å². The van der Waals surface area contributed by atoms with Crippen LogP contribution in [0, 0.1) is 0 Å². The van der Waals surface area contributed by atoms with Crippen molar-refractivity contribution >= 4 is 24.8 Å². The number of aromatic nitrogens is 4. The molecule has 11 nitrogen and oxygen atoms in total. The Morgan fingerprint density at radius 1 is 0.973 bits per heavy atom. The van der Waals surface area contributed by atoms with E-state index in [1.807, 2.05) is 36.4 Å². The van der Waals surface area contributed by atoms with E-state index in [1.54, 1.807) is 24.3 Å². The summed E-state index contributed by atoms with van der Waals surface area (Å²) in [6.07, 6.45) is -3.32. The van der Waals surface area contributed by atoms with Gasteiger partial charge in [-0.25, -0.2) is 23.9 Å². The summed E-state index contributed by atoms with van der Waals surface area (Å²) < 4.78 is 52.3. The first kappa shape index (κ1) is 25.4. The highest BCUT2D eigenvalue weighted by Gasteiger charge is 2.47. The minimum absolute atomic E-state index is 0.0507. The number of benzene rings is 2. The average molecular weight is 529 g/mol. The van der Waals surface area contributed by atoms with Crippen molar-refractivity contribution in [2.75, 3.05) is 12.3 Å². The third-order valence-electron chi connectivity index (χ3n) is 5.81. The Morgan fingerprint density at radius 3 is 2.22 bits per heavy atom. The Bertz CT molecular complexity index is 1330. The maximum Gasteiger partial charge on any atom is 0.475 e. The fraction of sp³-hybridized carbons (Fsp3) is 0.292. The number of phosphoric acid groups is 1. The van der Waals surface area contributed by atoms with Crippen LogP contribution in [0.5, 0.6) is 0 Å². The van der Waals surface area contributed by atoms with Gasteiger partial charge in [-0.2, -0.15) is 0 Å². The molecule has 1 fully saturated rings. The zero-order chi connectivity index (χ0) is 25.8. The molecular formula is C24H25FN5O6P. The van der Waals surface area contributed by atoms with Gasteiger partial charge in [0.15, 0.2) is 23.9 Å². The summed E-state index contributed by atoms with van der Waals surface area (Å²) in [7, 11) is -4.16. The number of nitrogen functional groups attached to an aromatic ring is 1. The number of alkyl halides is 1. The summed E-state index contributed by atoms with van der Waals surface area (Å²) in [6.45, 7) is -0.602. The van der Waals surface area contributed by atoms with Crippen LogP contribution in [-0.2, 0) is 36.1 Å². The van der Waals surface area contributed by atoms with Crippen LogP contribution in [0.3, 0.4) is 0 Å². The Kier molecular flexibility index (Phi) is 7.56. The molecule has 4 atom stereocenters. The van der Waals surface area contributed by atoms with Crippen molar-refractivity contribution in [1.82, 2.24) is 19.5 Å². The molecule has 2 aromatic carbocycles. The summed E-state index contributed by atoms with van der Waals surface area (Å²) >= 11 is 0. The summed E-state index contributed by atoms with van der Waals surface area (Å²) in [5.74, 6) is 0.139. The predicted octanol–water partition coefficient (Wildman–Crippen LogP) is 3.56. The molecule has 0 saturated carbocycles. The largest absolute Gasteiger partial charge is 0.475 e. The van der Waals surface area contributed by atoms with E-state index in [1.165, 1.54) is 17.2 Å². The molecule has 37 heavy (non-hydrogen) atoms. The molecule has 0 amide bonds. The van der Waals surface area contributed by atoms with Gasteiger partial charge in [0, 0.05) is 0 Å². The number of ether oxygens (including phenoxy) is 1. The zero-order valence-electron chi connectivity index (χ0n) is 19.5. The molecule has 0 bridgehead atoms. The SMILES string of the molecule is Nc1ncnc2c1ncn2[C@@H]1O[C@H](COP(=O)(OCc2ccccc2)OCc2ccccc2)C(F)C1O. The van der Waals surface area contributed by atoms with Crippen molar-refractivity contribution in [2.45, 2.75) is 37.8 Å². The molecule has 0 spiro atoms. The molecular weight excluding hydrogens is 504 g/mol. The Labute approximate surface area is 211 Å². The highest BCUT2D eigenvalue weighted by molar-refractivity contribution is 7.48. The lowest BCUT2D eigenvalue weighted by Gasteiger charge is -2.21. The molecule has 3 N–H and O–H groups in total. The Morgan fingerprint density at radius 2 is 1.59 bits per heavy atom. The highest BCUT2D eigenvalue weighted by atomic mass is 31.2. The normalized spacial score (nSPS) is 22.0. The smallest absolute Gasteiger partial charge is 0.385 e. The van der Waals surface area contributed by atoms with E-state index in [9.17, 15) is 9.67 Å². The predicted molar refractivity (Wildman–Crippen MR) is 131 cm³/mol. The number of nitrogens with zero attached hydrogens (tertiary/aromatic N) is 4. The first-order chi connectivity index (χ1) is 17.9. The second kappa shape index (κ2) is 11.0. The molecule has 3 heterocycles. The number of rotatable bonds is 10. The van der Waals surface area contributed by atoms with E-state index in [0.29, 0.717) is 5.52 Å². The van der Waals surface area contributed by atoms with E-state index < -0.39 is 39.0 Å². The van der Waals surface area contributed by atoms with Crippen LogP contribution in [0.15, 0.2) is 73.3 Å². The molecule has 1 saturated heterocycles. The van der Waals surface area contributed by atoms with Crippen LogP contribution in [0.25, 0.3) is 11.2 Å². The first-order valence-electron chi connectivity index (χ1n) is 11.5. The van der Waals surface area contributed by atoms with Crippen molar-refractivity contribution < 1.29 is 32.4 Å². The zero-order valence-corrected chi connectivity index (χ0v) is 20.4. The molecule has 194 valence electrons. The van der Waals surface area contributed by atoms with E-state index in [2.05, 4.69) is 15.0 Å². The van der Waals surface area contributed by atoms with Gasteiger partial charge in [0.05, 0.1) is 26.1 Å². The second-order valence-electron chi connectivity index (χ2n) is 8.34. The van der Waals surface area contributed by atoms with Crippen LogP contribution in [0.4, 0.5) is 10.2 Å². The monoisotopic (exact) mass is 529 g/mol. The Hall–Kier alpha value is -3.25. The molecule has 2 aromatic heterocycles. The number of fused-ring (bicyclic) bond motifs is 1. The number of halogens is 1. The maximum absolute atomic E-state index is 15.1. The van der Waals surface area contributed by atoms with Crippen LogP contribution in [0.1, 0.15) is 17.4 Å². The maximum atomic E-state index is 15.1. The minimum atomic E-state index is -4.16. The lowest BCUT2D eigenvalue weighted by atomic mass is 10.1. The van der Waals surface area contributed by atoms with Crippen molar-refractivity contribution in [1.29, 1.82) is 0 Å². The summed E-state index contributed by atoms with van der Waals surface area (Å²) in [6, 6.07) is 18.1. The number of phosphoric ester groups is 1. The second-order valence-corrected chi connectivity index (χ2v) is 10.0. The van der Waals surface area contributed by atoms with E-state index in [0.717, 1.165) is 11.1 Å². The molecule has 2 unspecified atom stereocenters. The quantitative estimate of drug-likeness (QED) is 0.293. The van der Waals surface area contributed by atoms with Gasteiger partial charge in [-0.3, -0.25) is 18.1 Å². The minimum Gasteiger partial charge on any atom is -0.385 e. The molecule has 5 rings (SSSR count). The molecule has 0 aliphatic carbocycles. The van der Waals surface area contributed by atoms with Gasteiger partial charge >= 0.3 is 7.82 Å². The van der Waals surface area contributed by atoms with E-state index >= 15 is 4.39 Å². The number of aliphatic hydroxyl groups excluding tert-OH is 1. The van der Waals surface area contributed by atoms with Crippen molar-refractivity contribution in [3.63, 3.8) is 0 Å². The molecule has 1 aliphatic heterocycles. The summed E-state index contributed by atoms with van der Waals surface area (Å²) in [5, 5.41) is 10.6. The number of hydrogen-bond acceptors (Lipinski definition) is 10. The third-order valence-corrected chi connectivity index (χ3v) is 7.17. The summed E-state index contributed by atoms with van der Waals surface area (Å²) in [4.78, 5) is 12.1. The van der Waals surface area contributed by atoms with Crippen molar-refractivity contribution in [2.24, 2.45) is 0 Å². The van der Waals surface area contributed by atoms with Crippen LogP contribution >= 0.6 is 7.82 Å². The first-order valence-corrected chi connectivity index (χ1v) is 12.9. The Balaban J connectivity index is 1.29. The summed E-state index contributed by atoms with van der Waals surface area (Å²) in [5.41, 5.74) is 7.87. The fourth-order valence-electron chi connectivity index (χ4n) is 3.86. The third kappa shape index (κ3) is 5.69. The van der Waals surface area contributed by atoms with Gasteiger partial charge in [-0.1, -0.05) is 60.7 Å². The molecule has 4 aromatic rings. The van der Waals surface area contributed by atoms with Crippen molar-refractivity contribution in [3.8, 4) is 0 Å². The molecule has 0 radical (unpaired) electrons. The number of aliphatic hydroxyl groups is 1.